The third-order valence-electron chi connectivity index (χ3n) is 4.46. The number of methoxy groups -OCH3 is 1. The van der Waals surface area contributed by atoms with E-state index >= 15 is 0 Å². The van der Waals surface area contributed by atoms with E-state index in [0.29, 0.717) is 28.3 Å². The molecule has 4 N–H and O–H groups in total. The second kappa shape index (κ2) is 8.46. The molecule has 31 heavy (non-hydrogen) atoms. The second-order valence-corrected chi connectivity index (χ2v) is 6.53. The maximum Gasteiger partial charge on any atom is 0.324 e. The molecule has 154 valence electrons. The summed E-state index contributed by atoms with van der Waals surface area (Å²) < 4.78 is 5.15. The molecular weight excluding hydrogens is 396 g/mol. The van der Waals surface area contributed by atoms with Crippen LogP contribution in [0.4, 0.5) is 16.3 Å². The number of phenols is 1. The highest BCUT2D eigenvalue weighted by molar-refractivity contribution is 5.99. The molecule has 9 nitrogen and oxygen atoms in total. The van der Waals surface area contributed by atoms with E-state index in [2.05, 4.69) is 25.6 Å². The van der Waals surface area contributed by atoms with E-state index in [1.54, 1.807) is 48.5 Å². The summed E-state index contributed by atoms with van der Waals surface area (Å²) in [7, 11) is 1.48. The molecule has 2 aromatic heterocycles. The quantitative estimate of drug-likeness (QED) is 0.364. The Kier molecular flexibility index (Phi) is 5.39. The number of aromatic nitrogens is 3. The number of fused-ring (bicyclic) bond motifs is 1. The number of pyridine rings is 1. The molecule has 4 aromatic rings. The van der Waals surface area contributed by atoms with Crippen LogP contribution in [0.15, 0.2) is 60.8 Å². The molecule has 2 aromatic carbocycles. The molecule has 0 atom stereocenters. The van der Waals surface area contributed by atoms with Crippen LogP contribution in [0, 0.1) is 5.41 Å². The molecule has 2 amide bonds. The minimum atomic E-state index is -0.476. The lowest BCUT2D eigenvalue weighted by Gasteiger charge is -2.09. The predicted octanol–water partition coefficient (Wildman–Crippen LogP) is 4.05. The van der Waals surface area contributed by atoms with E-state index in [0.717, 1.165) is 11.1 Å². The van der Waals surface area contributed by atoms with Crippen molar-refractivity contribution in [3.8, 4) is 22.8 Å². The van der Waals surface area contributed by atoms with Gasteiger partial charge in [-0.15, -0.1) is 0 Å². The van der Waals surface area contributed by atoms with Crippen molar-refractivity contribution in [1.82, 2.24) is 15.0 Å². The van der Waals surface area contributed by atoms with Crippen LogP contribution in [-0.4, -0.2) is 39.4 Å². The van der Waals surface area contributed by atoms with Gasteiger partial charge in [0.15, 0.2) is 23.0 Å². The zero-order valence-electron chi connectivity index (χ0n) is 16.5. The van der Waals surface area contributed by atoms with Crippen LogP contribution in [0.5, 0.6) is 11.5 Å². The van der Waals surface area contributed by atoms with Crippen molar-refractivity contribution in [3.05, 3.63) is 66.4 Å². The third-order valence-corrected chi connectivity index (χ3v) is 4.46. The number of urea groups is 1. The number of hydrogen-bond acceptors (Lipinski definition) is 7. The summed E-state index contributed by atoms with van der Waals surface area (Å²) in [5.74, 6) is 0.622. The molecule has 2 heterocycles. The van der Waals surface area contributed by atoms with E-state index in [9.17, 15) is 9.90 Å². The molecule has 0 bridgehead atoms. The lowest BCUT2D eigenvalue weighted by Crippen LogP contribution is -2.20. The lowest BCUT2D eigenvalue weighted by molar-refractivity contribution is 0.262. The van der Waals surface area contributed by atoms with Crippen molar-refractivity contribution >= 4 is 34.9 Å². The van der Waals surface area contributed by atoms with E-state index in [4.69, 9.17) is 10.1 Å². The minimum absolute atomic E-state index is 0.0387. The number of carbonyl (C=O) groups is 1. The Morgan fingerprint density at radius 2 is 1.87 bits per heavy atom. The number of ether oxygens (including phenoxy) is 1. The molecule has 0 spiro atoms. The van der Waals surface area contributed by atoms with E-state index in [-0.39, 0.29) is 11.6 Å². The maximum atomic E-state index is 12.3. The van der Waals surface area contributed by atoms with Gasteiger partial charge in [0, 0.05) is 17.5 Å². The standard InChI is InChI=1S/C22H18N6O3/c1-31-19-10-14(4-9-18(19)29)16-7-8-17-21(26-16)27-20(12-24-17)28-22(30)25-15-5-2-13(11-23)3-6-15/h2-12,23,29H,1H3,(H2,25,26,27,28,30). The fraction of sp³-hybridized carbons (Fsp3) is 0.0455. The van der Waals surface area contributed by atoms with Crippen molar-refractivity contribution in [2.45, 2.75) is 0 Å². The number of amides is 2. The zero-order valence-corrected chi connectivity index (χ0v) is 16.5. The van der Waals surface area contributed by atoms with Gasteiger partial charge in [0.1, 0.15) is 5.52 Å². The highest BCUT2D eigenvalue weighted by Crippen LogP contribution is 2.31. The highest BCUT2D eigenvalue weighted by Gasteiger charge is 2.10. The number of rotatable bonds is 5. The molecule has 0 saturated heterocycles. The van der Waals surface area contributed by atoms with Gasteiger partial charge in [-0.25, -0.2) is 19.7 Å². The van der Waals surface area contributed by atoms with Crippen LogP contribution >= 0.6 is 0 Å². The first-order chi connectivity index (χ1) is 15.1. The minimum Gasteiger partial charge on any atom is -0.504 e. The summed E-state index contributed by atoms with van der Waals surface area (Å²) in [6.07, 6.45) is 2.68. The fourth-order valence-electron chi connectivity index (χ4n) is 2.90. The molecular formula is C22H18N6O3. The Morgan fingerprint density at radius 1 is 1.06 bits per heavy atom. The first kappa shape index (κ1) is 19.8. The normalized spacial score (nSPS) is 10.5. The average molecular weight is 414 g/mol. The molecule has 0 aliphatic rings. The Bertz CT molecular complexity index is 1270. The second-order valence-electron chi connectivity index (χ2n) is 6.53. The van der Waals surface area contributed by atoms with Crippen molar-refractivity contribution < 1.29 is 14.6 Å². The van der Waals surface area contributed by atoms with Gasteiger partial charge >= 0.3 is 6.03 Å². The molecule has 9 heteroatoms. The Morgan fingerprint density at radius 3 is 2.61 bits per heavy atom. The topological polar surface area (TPSA) is 133 Å². The van der Waals surface area contributed by atoms with Gasteiger partial charge in [-0.3, -0.25) is 5.32 Å². The number of benzene rings is 2. The van der Waals surface area contributed by atoms with Crippen LogP contribution in [0.1, 0.15) is 5.56 Å². The number of phenolic OH excluding ortho intramolecular Hbond substituents is 1. The van der Waals surface area contributed by atoms with Gasteiger partial charge in [0.25, 0.3) is 0 Å². The molecule has 0 fully saturated rings. The Hall–Kier alpha value is -4.53. The number of nitrogens with zero attached hydrogens (tertiary/aromatic N) is 3. The lowest BCUT2D eigenvalue weighted by atomic mass is 10.1. The van der Waals surface area contributed by atoms with E-state index in [1.807, 2.05) is 0 Å². The SMILES string of the molecule is COc1cc(-c2ccc3ncc(NC(=O)Nc4ccc(C=N)cc4)nc3n2)ccc1O. The summed E-state index contributed by atoms with van der Waals surface area (Å²) in [6, 6.07) is 14.9. The van der Waals surface area contributed by atoms with Crippen LogP contribution in [0.25, 0.3) is 22.4 Å². The smallest absolute Gasteiger partial charge is 0.324 e. The monoisotopic (exact) mass is 414 g/mol. The summed E-state index contributed by atoms with van der Waals surface area (Å²) in [5, 5.41) is 22.3. The first-order valence-electron chi connectivity index (χ1n) is 9.25. The number of carbonyl (C=O) groups excluding carboxylic acids is 1. The zero-order chi connectivity index (χ0) is 21.8. The summed E-state index contributed by atoms with van der Waals surface area (Å²) in [6.45, 7) is 0. The third kappa shape index (κ3) is 4.40. The van der Waals surface area contributed by atoms with Gasteiger partial charge in [-0.2, -0.15) is 0 Å². The van der Waals surface area contributed by atoms with Crippen molar-refractivity contribution in [2.24, 2.45) is 0 Å². The summed E-state index contributed by atoms with van der Waals surface area (Å²) >= 11 is 0. The summed E-state index contributed by atoms with van der Waals surface area (Å²) in [5.41, 5.74) is 3.61. The van der Waals surface area contributed by atoms with Crippen LogP contribution in [-0.2, 0) is 0 Å². The fourth-order valence-corrected chi connectivity index (χ4v) is 2.90. The number of hydrogen-bond donors (Lipinski definition) is 4. The molecule has 0 unspecified atom stereocenters. The molecule has 0 radical (unpaired) electrons. The first-order valence-corrected chi connectivity index (χ1v) is 9.25. The maximum absolute atomic E-state index is 12.3. The van der Waals surface area contributed by atoms with Crippen molar-refractivity contribution in [1.29, 1.82) is 5.41 Å². The van der Waals surface area contributed by atoms with E-state index in [1.165, 1.54) is 25.6 Å². The van der Waals surface area contributed by atoms with Gasteiger partial charge in [-0.1, -0.05) is 12.1 Å². The summed E-state index contributed by atoms with van der Waals surface area (Å²) in [4.78, 5) is 25.5. The van der Waals surface area contributed by atoms with Crippen molar-refractivity contribution in [2.75, 3.05) is 17.7 Å². The van der Waals surface area contributed by atoms with Crippen LogP contribution < -0.4 is 15.4 Å². The largest absolute Gasteiger partial charge is 0.504 e. The predicted molar refractivity (Wildman–Crippen MR) is 118 cm³/mol. The van der Waals surface area contributed by atoms with Gasteiger partial charge in [0.05, 0.1) is 19.0 Å². The van der Waals surface area contributed by atoms with E-state index < -0.39 is 6.03 Å². The number of aromatic hydroxyl groups is 1. The molecule has 0 saturated carbocycles. The molecule has 0 aliphatic carbocycles. The highest BCUT2D eigenvalue weighted by atomic mass is 16.5. The van der Waals surface area contributed by atoms with Crippen LogP contribution in [0.2, 0.25) is 0 Å². The molecule has 4 rings (SSSR count). The van der Waals surface area contributed by atoms with Gasteiger partial charge in [0.2, 0.25) is 0 Å². The van der Waals surface area contributed by atoms with Gasteiger partial charge in [-0.05, 0) is 48.0 Å². The van der Waals surface area contributed by atoms with Crippen LogP contribution in [0.3, 0.4) is 0 Å². The Labute approximate surface area is 177 Å². The number of anilines is 2. The number of nitrogens with one attached hydrogen (secondary N) is 3. The van der Waals surface area contributed by atoms with Gasteiger partial charge < -0.3 is 20.6 Å². The van der Waals surface area contributed by atoms with Crippen molar-refractivity contribution in [3.63, 3.8) is 0 Å². The molecule has 0 aliphatic heterocycles. The Balaban J connectivity index is 1.55. The average Bonchev–Trinajstić information content (AvgIpc) is 2.79.